The van der Waals surface area contributed by atoms with Gasteiger partial charge in [-0.25, -0.2) is 0 Å². The van der Waals surface area contributed by atoms with Crippen molar-refractivity contribution in [3.8, 4) is 5.88 Å². The number of azo groups is 1. The Morgan fingerprint density at radius 3 is 2.73 bits per heavy atom. The maximum Gasteiger partial charge on any atom is 0.218 e. The van der Waals surface area contributed by atoms with Gasteiger partial charge in [-0.15, -0.1) is 10.2 Å². The zero-order valence-electron chi connectivity index (χ0n) is 11.6. The summed E-state index contributed by atoms with van der Waals surface area (Å²) < 4.78 is 0. The fraction of sp³-hybridized carbons (Fsp3) is 0. The molecule has 5 heteroatoms. The van der Waals surface area contributed by atoms with E-state index in [1.165, 1.54) is 0 Å². The predicted octanol–water partition coefficient (Wildman–Crippen LogP) is 4.84. The van der Waals surface area contributed by atoms with Crippen molar-refractivity contribution < 1.29 is 5.11 Å². The van der Waals surface area contributed by atoms with Gasteiger partial charge in [0.15, 0.2) is 5.69 Å². The molecule has 2 aromatic heterocycles. The van der Waals surface area contributed by atoms with E-state index in [4.69, 9.17) is 0 Å². The maximum atomic E-state index is 10.0. The summed E-state index contributed by atoms with van der Waals surface area (Å²) in [6.45, 7) is 0. The highest BCUT2D eigenvalue weighted by molar-refractivity contribution is 5.94. The molecular weight excluding hydrogens is 276 g/mol. The van der Waals surface area contributed by atoms with Crippen LogP contribution in [0.15, 0.2) is 71.0 Å². The lowest BCUT2D eigenvalue weighted by Gasteiger charge is -1.99. The molecule has 0 aliphatic heterocycles. The van der Waals surface area contributed by atoms with Gasteiger partial charge in [0.1, 0.15) is 5.69 Å². The topological polar surface area (TPSA) is 73.6 Å². The Kier molecular flexibility index (Phi) is 2.83. The number of aromatic nitrogens is 2. The highest BCUT2D eigenvalue weighted by Gasteiger charge is 2.09. The number of pyridine rings is 1. The van der Waals surface area contributed by atoms with Gasteiger partial charge in [-0.3, -0.25) is 4.98 Å². The van der Waals surface area contributed by atoms with Gasteiger partial charge >= 0.3 is 0 Å². The first-order valence-corrected chi connectivity index (χ1v) is 6.88. The first-order chi connectivity index (χ1) is 10.8. The summed E-state index contributed by atoms with van der Waals surface area (Å²) >= 11 is 0. The second kappa shape index (κ2) is 4.96. The average Bonchev–Trinajstić information content (AvgIpc) is 2.88. The Hall–Kier alpha value is -3.21. The second-order valence-corrected chi connectivity index (χ2v) is 4.92. The molecule has 0 saturated heterocycles. The molecule has 4 rings (SSSR count). The van der Waals surface area contributed by atoms with Crippen molar-refractivity contribution >= 4 is 33.2 Å². The largest absolute Gasteiger partial charge is 0.493 e. The van der Waals surface area contributed by atoms with Gasteiger partial charge in [0.05, 0.1) is 11.0 Å². The Morgan fingerprint density at radius 1 is 0.909 bits per heavy atom. The van der Waals surface area contributed by atoms with Crippen molar-refractivity contribution in [3.63, 3.8) is 0 Å². The molecule has 2 aromatic carbocycles. The Balaban J connectivity index is 1.84. The number of para-hydroxylation sites is 2. The van der Waals surface area contributed by atoms with Crippen LogP contribution < -0.4 is 0 Å². The summed E-state index contributed by atoms with van der Waals surface area (Å²) in [6.07, 6.45) is 1.73. The molecule has 22 heavy (non-hydrogen) atoms. The molecule has 106 valence electrons. The lowest BCUT2D eigenvalue weighted by molar-refractivity contribution is 0.459. The summed E-state index contributed by atoms with van der Waals surface area (Å²) in [4.78, 5) is 7.23. The van der Waals surface area contributed by atoms with Gasteiger partial charge < -0.3 is 10.1 Å². The van der Waals surface area contributed by atoms with E-state index in [9.17, 15) is 5.11 Å². The minimum Gasteiger partial charge on any atom is -0.493 e. The minimum atomic E-state index is 0.0122. The highest BCUT2D eigenvalue weighted by atomic mass is 16.3. The number of H-pyrrole nitrogens is 1. The van der Waals surface area contributed by atoms with Crippen molar-refractivity contribution in [2.45, 2.75) is 0 Å². The number of hydrogen-bond acceptors (Lipinski definition) is 4. The fourth-order valence-electron chi connectivity index (χ4n) is 2.49. The van der Waals surface area contributed by atoms with Crippen molar-refractivity contribution in [2.24, 2.45) is 10.2 Å². The van der Waals surface area contributed by atoms with E-state index in [-0.39, 0.29) is 5.88 Å². The number of fused-ring (bicyclic) bond motifs is 2. The first kappa shape index (κ1) is 12.5. The van der Waals surface area contributed by atoms with E-state index in [1.807, 2.05) is 54.6 Å². The monoisotopic (exact) mass is 288 g/mol. The summed E-state index contributed by atoms with van der Waals surface area (Å²) in [7, 11) is 0. The van der Waals surface area contributed by atoms with Crippen molar-refractivity contribution in [3.05, 3.63) is 60.8 Å². The Labute approximate surface area is 126 Å². The lowest BCUT2D eigenvalue weighted by Crippen LogP contribution is -1.77. The summed E-state index contributed by atoms with van der Waals surface area (Å²) in [5.41, 5.74) is 2.71. The molecule has 0 atom stereocenters. The molecule has 0 aliphatic carbocycles. The van der Waals surface area contributed by atoms with Crippen molar-refractivity contribution in [1.82, 2.24) is 9.97 Å². The molecule has 2 heterocycles. The summed E-state index contributed by atoms with van der Waals surface area (Å²) in [6, 6.07) is 17.2. The number of nitrogens with zero attached hydrogens (tertiary/aromatic N) is 3. The van der Waals surface area contributed by atoms with Crippen LogP contribution in [0.4, 0.5) is 11.4 Å². The van der Waals surface area contributed by atoms with Gasteiger partial charge in [-0.05, 0) is 18.2 Å². The van der Waals surface area contributed by atoms with E-state index in [1.54, 1.807) is 6.20 Å². The van der Waals surface area contributed by atoms with E-state index in [2.05, 4.69) is 20.2 Å². The normalized spacial score (nSPS) is 11.6. The van der Waals surface area contributed by atoms with Crippen molar-refractivity contribution in [2.75, 3.05) is 0 Å². The predicted molar refractivity (Wildman–Crippen MR) is 85.9 cm³/mol. The van der Waals surface area contributed by atoms with Gasteiger partial charge in [-0.2, -0.15) is 0 Å². The van der Waals surface area contributed by atoms with E-state index in [0.717, 1.165) is 21.8 Å². The van der Waals surface area contributed by atoms with Crippen LogP contribution in [-0.4, -0.2) is 15.1 Å². The summed E-state index contributed by atoms with van der Waals surface area (Å²) in [5, 5.41) is 20.3. The third-order valence-electron chi connectivity index (χ3n) is 3.53. The highest BCUT2D eigenvalue weighted by Crippen LogP contribution is 2.36. The molecule has 4 aromatic rings. The van der Waals surface area contributed by atoms with Crippen LogP contribution >= 0.6 is 0 Å². The van der Waals surface area contributed by atoms with Crippen LogP contribution in [0.5, 0.6) is 5.88 Å². The van der Waals surface area contributed by atoms with Crippen molar-refractivity contribution in [1.29, 1.82) is 0 Å². The molecule has 0 amide bonds. The molecule has 5 nitrogen and oxygen atoms in total. The molecule has 0 radical (unpaired) electrons. The Morgan fingerprint density at radius 2 is 1.77 bits per heavy atom. The van der Waals surface area contributed by atoms with Gasteiger partial charge in [-0.1, -0.05) is 36.4 Å². The zero-order valence-corrected chi connectivity index (χ0v) is 11.6. The van der Waals surface area contributed by atoms with Crippen LogP contribution in [0, 0.1) is 0 Å². The number of hydrogen-bond donors (Lipinski definition) is 2. The second-order valence-electron chi connectivity index (χ2n) is 4.92. The van der Waals surface area contributed by atoms with Gasteiger partial charge in [0.2, 0.25) is 5.88 Å². The molecule has 0 aliphatic rings. The molecule has 0 spiro atoms. The van der Waals surface area contributed by atoms with Crippen LogP contribution in [0.2, 0.25) is 0 Å². The van der Waals surface area contributed by atoms with Crippen LogP contribution in [0.1, 0.15) is 0 Å². The quantitative estimate of drug-likeness (QED) is 0.518. The molecular formula is C17H12N4O. The van der Waals surface area contributed by atoms with Crippen LogP contribution in [0.25, 0.3) is 21.8 Å². The Bertz CT molecular complexity index is 999. The molecule has 0 saturated carbocycles. The van der Waals surface area contributed by atoms with Gasteiger partial charge in [0.25, 0.3) is 0 Å². The lowest BCUT2D eigenvalue weighted by atomic mass is 10.2. The van der Waals surface area contributed by atoms with E-state index >= 15 is 0 Å². The van der Waals surface area contributed by atoms with E-state index in [0.29, 0.717) is 11.4 Å². The first-order valence-electron chi connectivity index (χ1n) is 6.88. The molecule has 0 bridgehead atoms. The van der Waals surface area contributed by atoms with Gasteiger partial charge in [0, 0.05) is 17.0 Å². The standard InChI is InChI=1S/C17H12N4O/c22-17-16(12-7-1-2-8-13(12)19-17)21-20-14-9-3-5-11-6-4-10-18-15(11)14/h1-10,19,22H. The minimum absolute atomic E-state index is 0.0122. The van der Waals surface area contributed by atoms with E-state index < -0.39 is 0 Å². The number of aromatic hydroxyl groups is 1. The number of aromatic amines is 1. The van der Waals surface area contributed by atoms with Crippen LogP contribution in [0.3, 0.4) is 0 Å². The third-order valence-corrected chi connectivity index (χ3v) is 3.53. The molecule has 0 unspecified atom stereocenters. The average molecular weight is 288 g/mol. The summed E-state index contributed by atoms with van der Waals surface area (Å²) in [5.74, 6) is 0.0122. The fourth-order valence-corrected chi connectivity index (χ4v) is 2.49. The number of nitrogens with one attached hydrogen (secondary N) is 1. The third kappa shape index (κ3) is 2.00. The smallest absolute Gasteiger partial charge is 0.218 e. The zero-order chi connectivity index (χ0) is 14.9. The SMILES string of the molecule is Oc1[nH]c2ccccc2c1N=Nc1cccc2cccnc12. The molecule has 0 fully saturated rings. The number of rotatable bonds is 2. The van der Waals surface area contributed by atoms with Crippen LogP contribution in [-0.2, 0) is 0 Å². The number of benzene rings is 2. The maximum absolute atomic E-state index is 10.0. The molecule has 2 N–H and O–H groups in total.